The predicted octanol–water partition coefficient (Wildman–Crippen LogP) is 1.03. The Bertz CT molecular complexity index is 424. The van der Waals surface area contributed by atoms with Crippen molar-refractivity contribution in [3.8, 4) is 0 Å². The Labute approximate surface area is 118 Å². The number of nitrogens with zero attached hydrogens (tertiary/aromatic N) is 3. The largest absolute Gasteiger partial charge is 0.378 e. The van der Waals surface area contributed by atoms with Crippen LogP contribution in [0.2, 0.25) is 0 Å². The summed E-state index contributed by atoms with van der Waals surface area (Å²) < 4.78 is 5.19. The van der Waals surface area contributed by atoms with Crippen LogP contribution in [0.25, 0.3) is 0 Å². The highest BCUT2D eigenvalue weighted by atomic mass is 32.1. The molecule has 5 nitrogen and oxygen atoms in total. The van der Waals surface area contributed by atoms with Gasteiger partial charge in [-0.2, -0.15) is 0 Å². The van der Waals surface area contributed by atoms with Gasteiger partial charge < -0.3 is 15.4 Å². The number of anilines is 1. The first kappa shape index (κ1) is 13.3. The molecule has 0 radical (unpaired) electrons. The van der Waals surface area contributed by atoms with E-state index >= 15 is 0 Å². The summed E-state index contributed by atoms with van der Waals surface area (Å²) in [5, 5.41) is 1.11. The molecule has 0 aromatic carbocycles. The maximum atomic E-state index is 5.78. The SMILES string of the molecule is COCc1nc(N2CCN(C3CC3)CC2)sc1CN. The fraction of sp³-hybridized carbons (Fsp3) is 0.769. The molecule has 2 N–H and O–H groups in total. The van der Waals surface area contributed by atoms with Gasteiger partial charge in [-0.15, -0.1) is 11.3 Å². The van der Waals surface area contributed by atoms with Gasteiger partial charge in [0.05, 0.1) is 12.3 Å². The number of ether oxygens (including phenoxy) is 1. The van der Waals surface area contributed by atoms with Crippen molar-refractivity contribution in [2.75, 3.05) is 38.2 Å². The molecule has 0 spiro atoms. The zero-order valence-corrected chi connectivity index (χ0v) is 12.3. The van der Waals surface area contributed by atoms with Gasteiger partial charge in [0.15, 0.2) is 5.13 Å². The van der Waals surface area contributed by atoms with Gasteiger partial charge in [-0.05, 0) is 12.8 Å². The molecule has 1 aromatic rings. The number of thiazole rings is 1. The van der Waals surface area contributed by atoms with Crippen LogP contribution in [0, 0.1) is 0 Å². The van der Waals surface area contributed by atoms with Crippen molar-refractivity contribution < 1.29 is 4.74 Å². The molecule has 0 unspecified atom stereocenters. The number of nitrogens with two attached hydrogens (primary N) is 1. The molecule has 0 amide bonds. The van der Waals surface area contributed by atoms with Crippen molar-refractivity contribution in [2.24, 2.45) is 5.73 Å². The molecule has 2 heterocycles. The molecule has 0 bridgehead atoms. The first-order chi connectivity index (χ1) is 9.31. The van der Waals surface area contributed by atoms with E-state index in [1.54, 1.807) is 18.4 Å². The average Bonchev–Trinajstić information content (AvgIpc) is 3.21. The van der Waals surface area contributed by atoms with Crippen molar-refractivity contribution in [1.82, 2.24) is 9.88 Å². The number of hydrogen-bond donors (Lipinski definition) is 1. The summed E-state index contributed by atoms with van der Waals surface area (Å²) in [6, 6.07) is 0.877. The van der Waals surface area contributed by atoms with Gasteiger partial charge in [0.1, 0.15) is 0 Å². The number of piperazine rings is 1. The van der Waals surface area contributed by atoms with Crippen LogP contribution < -0.4 is 10.6 Å². The van der Waals surface area contributed by atoms with E-state index in [2.05, 4.69) is 9.80 Å². The zero-order valence-electron chi connectivity index (χ0n) is 11.5. The Morgan fingerprint density at radius 1 is 1.32 bits per heavy atom. The molecule has 6 heteroatoms. The lowest BCUT2D eigenvalue weighted by Crippen LogP contribution is -2.47. The van der Waals surface area contributed by atoms with Crippen molar-refractivity contribution in [3.63, 3.8) is 0 Å². The molecule has 1 aromatic heterocycles. The maximum Gasteiger partial charge on any atom is 0.185 e. The minimum Gasteiger partial charge on any atom is -0.378 e. The molecule has 2 aliphatic rings. The van der Waals surface area contributed by atoms with Gasteiger partial charge >= 0.3 is 0 Å². The summed E-state index contributed by atoms with van der Waals surface area (Å²) >= 11 is 1.72. The van der Waals surface area contributed by atoms with Crippen LogP contribution >= 0.6 is 11.3 Å². The Morgan fingerprint density at radius 2 is 2.05 bits per heavy atom. The molecule has 1 aliphatic heterocycles. The fourth-order valence-corrected chi connectivity index (χ4v) is 3.63. The molecule has 1 saturated heterocycles. The van der Waals surface area contributed by atoms with E-state index < -0.39 is 0 Å². The highest BCUT2D eigenvalue weighted by Crippen LogP contribution is 2.31. The average molecular weight is 282 g/mol. The van der Waals surface area contributed by atoms with Crippen molar-refractivity contribution in [2.45, 2.75) is 32.0 Å². The molecule has 1 aliphatic carbocycles. The van der Waals surface area contributed by atoms with Crippen LogP contribution in [0.15, 0.2) is 0 Å². The zero-order chi connectivity index (χ0) is 13.2. The van der Waals surface area contributed by atoms with Crippen molar-refractivity contribution in [1.29, 1.82) is 0 Å². The molecule has 3 rings (SSSR count). The third-order valence-corrected chi connectivity index (χ3v) is 5.06. The van der Waals surface area contributed by atoms with E-state index in [4.69, 9.17) is 15.5 Å². The summed E-state index contributed by atoms with van der Waals surface area (Å²) in [6.07, 6.45) is 2.79. The van der Waals surface area contributed by atoms with Gasteiger partial charge in [0, 0.05) is 50.8 Å². The summed E-state index contributed by atoms with van der Waals surface area (Å²) in [5.74, 6) is 0. The summed E-state index contributed by atoms with van der Waals surface area (Å²) in [7, 11) is 1.70. The molecule has 2 fully saturated rings. The Morgan fingerprint density at radius 3 is 2.63 bits per heavy atom. The van der Waals surface area contributed by atoms with Gasteiger partial charge in [-0.25, -0.2) is 4.98 Å². The molecule has 106 valence electrons. The molecule has 0 atom stereocenters. The van der Waals surface area contributed by atoms with E-state index in [0.29, 0.717) is 13.2 Å². The molecular formula is C13H22N4OS. The van der Waals surface area contributed by atoms with Crippen LogP contribution in [-0.2, 0) is 17.9 Å². The Hall–Kier alpha value is -0.690. The lowest BCUT2D eigenvalue weighted by atomic mass is 10.3. The smallest absolute Gasteiger partial charge is 0.185 e. The van der Waals surface area contributed by atoms with Crippen molar-refractivity contribution >= 4 is 16.5 Å². The number of hydrogen-bond acceptors (Lipinski definition) is 6. The Kier molecular flexibility index (Phi) is 4.02. The fourth-order valence-electron chi connectivity index (χ4n) is 2.63. The predicted molar refractivity (Wildman–Crippen MR) is 77.5 cm³/mol. The minimum atomic E-state index is 0.554. The number of rotatable bonds is 5. The summed E-state index contributed by atoms with van der Waals surface area (Å²) in [6.45, 7) is 5.62. The highest BCUT2D eigenvalue weighted by molar-refractivity contribution is 7.15. The standard InChI is InChI=1S/C13H22N4OS/c1-18-9-11-12(8-14)19-13(15-11)17-6-4-16(5-7-17)10-2-3-10/h10H,2-9,14H2,1H3. The maximum absolute atomic E-state index is 5.78. The van der Waals surface area contributed by atoms with Gasteiger partial charge in [0.2, 0.25) is 0 Å². The van der Waals surface area contributed by atoms with E-state index in [9.17, 15) is 0 Å². The second-order valence-electron chi connectivity index (χ2n) is 5.26. The van der Waals surface area contributed by atoms with E-state index in [1.807, 2.05) is 0 Å². The van der Waals surface area contributed by atoms with Crippen LogP contribution in [0.5, 0.6) is 0 Å². The van der Waals surface area contributed by atoms with Crippen LogP contribution in [0.3, 0.4) is 0 Å². The lowest BCUT2D eigenvalue weighted by Gasteiger charge is -2.34. The van der Waals surface area contributed by atoms with Crippen LogP contribution in [0.1, 0.15) is 23.4 Å². The highest BCUT2D eigenvalue weighted by Gasteiger charge is 2.31. The third-order valence-electron chi connectivity index (χ3n) is 3.88. The van der Waals surface area contributed by atoms with Crippen molar-refractivity contribution in [3.05, 3.63) is 10.6 Å². The second kappa shape index (κ2) is 5.75. The monoisotopic (exact) mass is 282 g/mol. The summed E-state index contributed by atoms with van der Waals surface area (Å²) in [4.78, 5) is 10.9. The van der Waals surface area contributed by atoms with Crippen LogP contribution in [-0.4, -0.2) is 49.2 Å². The quantitative estimate of drug-likeness (QED) is 0.874. The van der Waals surface area contributed by atoms with Gasteiger partial charge in [-0.3, -0.25) is 4.90 Å². The van der Waals surface area contributed by atoms with Gasteiger partial charge in [-0.1, -0.05) is 0 Å². The van der Waals surface area contributed by atoms with E-state index in [0.717, 1.165) is 34.8 Å². The number of methoxy groups -OCH3 is 1. The minimum absolute atomic E-state index is 0.554. The lowest BCUT2D eigenvalue weighted by molar-refractivity contribution is 0.181. The second-order valence-corrected chi connectivity index (χ2v) is 6.32. The Balaban J connectivity index is 1.65. The molecule has 1 saturated carbocycles. The van der Waals surface area contributed by atoms with E-state index in [-0.39, 0.29) is 0 Å². The van der Waals surface area contributed by atoms with Gasteiger partial charge in [0.25, 0.3) is 0 Å². The topological polar surface area (TPSA) is 54.6 Å². The first-order valence-corrected chi connectivity index (χ1v) is 7.80. The van der Waals surface area contributed by atoms with Crippen LogP contribution in [0.4, 0.5) is 5.13 Å². The normalized spacial score (nSPS) is 21.1. The summed E-state index contributed by atoms with van der Waals surface area (Å²) in [5.41, 5.74) is 6.79. The number of aromatic nitrogens is 1. The third kappa shape index (κ3) is 2.91. The van der Waals surface area contributed by atoms with E-state index in [1.165, 1.54) is 25.9 Å². The molecular weight excluding hydrogens is 260 g/mol. The first-order valence-electron chi connectivity index (χ1n) is 6.98. The molecule has 19 heavy (non-hydrogen) atoms.